The Kier molecular flexibility index (Phi) is 4.93. The zero-order chi connectivity index (χ0) is 16.8. The fraction of sp³-hybridized carbons (Fsp3) is 0.0435. The third kappa shape index (κ3) is 3.82. The van der Waals surface area contributed by atoms with Gasteiger partial charge in [0.25, 0.3) is 0 Å². The maximum atomic E-state index is 4.28. The summed E-state index contributed by atoms with van der Waals surface area (Å²) < 4.78 is 0. The van der Waals surface area contributed by atoms with Gasteiger partial charge in [0.1, 0.15) is 0 Å². The number of hydrogen-bond donors (Lipinski definition) is 0. The van der Waals surface area contributed by atoms with Crippen LogP contribution in [0.15, 0.2) is 103 Å². The number of nitrogens with zero attached hydrogens (tertiary/aromatic N) is 1. The van der Waals surface area contributed by atoms with Gasteiger partial charge in [0.05, 0.1) is 0 Å². The molecule has 0 fully saturated rings. The molecule has 0 aliphatic heterocycles. The van der Waals surface area contributed by atoms with E-state index in [-0.39, 0.29) is 0 Å². The fourth-order valence-corrected chi connectivity index (χ4v) is 2.58. The van der Waals surface area contributed by atoms with E-state index in [1.165, 1.54) is 11.1 Å². The van der Waals surface area contributed by atoms with Gasteiger partial charge in [-0.25, -0.2) is 0 Å². The Labute approximate surface area is 144 Å². The van der Waals surface area contributed by atoms with Crippen molar-refractivity contribution in [3.8, 4) is 0 Å². The number of anilines is 2. The van der Waals surface area contributed by atoms with Gasteiger partial charge in [-0.2, -0.15) is 0 Å². The highest BCUT2D eigenvalue weighted by Crippen LogP contribution is 2.29. The normalized spacial score (nSPS) is 10.7. The Bertz CT molecular complexity index is 775. The number of rotatable bonds is 5. The van der Waals surface area contributed by atoms with Crippen LogP contribution in [0.2, 0.25) is 0 Å². The number of hydrogen-bond acceptors (Lipinski definition) is 1. The highest BCUT2D eigenvalue weighted by molar-refractivity contribution is 5.71. The molecule has 3 aromatic carbocycles. The number of para-hydroxylation sites is 2. The number of aryl methyl sites for hydroxylation is 1. The third-order valence-corrected chi connectivity index (χ3v) is 3.86. The van der Waals surface area contributed by atoms with E-state index < -0.39 is 0 Å². The molecule has 3 rings (SSSR count). The van der Waals surface area contributed by atoms with E-state index in [1.807, 2.05) is 36.4 Å². The maximum Gasteiger partial charge on any atom is 0.0461 e. The van der Waals surface area contributed by atoms with Crippen molar-refractivity contribution >= 4 is 17.5 Å². The molecule has 0 saturated carbocycles. The van der Waals surface area contributed by atoms with Crippen LogP contribution >= 0.6 is 0 Å². The third-order valence-electron chi connectivity index (χ3n) is 3.86. The van der Waals surface area contributed by atoms with Crippen molar-refractivity contribution in [2.24, 2.45) is 0 Å². The molecule has 24 heavy (non-hydrogen) atoms. The fourth-order valence-electron chi connectivity index (χ4n) is 2.58. The van der Waals surface area contributed by atoms with Crippen LogP contribution in [0, 0.1) is 6.92 Å². The van der Waals surface area contributed by atoms with Crippen LogP contribution in [-0.4, -0.2) is 0 Å². The lowest BCUT2D eigenvalue weighted by molar-refractivity contribution is 1.22. The molecule has 0 spiro atoms. The van der Waals surface area contributed by atoms with Crippen molar-refractivity contribution in [3.05, 3.63) is 114 Å². The largest absolute Gasteiger partial charge is 0.311 e. The molecular weight excluding hydrogens is 290 g/mol. The Morgan fingerprint density at radius 1 is 0.750 bits per heavy atom. The smallest absolute Gasteiger partial charge is 0.0461 e. The summed E-state index contributed by atoms with van der Waals surface area (Å²) in [5, 5.41) is 0. The molecule has 0 aromatic heterocycles. The van der Waals surface area contributed by atoms with Gasteiger partial charge in [0.2, 0.25) is 0 Å². The Morgan fingerprint density at radius 3 is 1.75 bits per heavy atom. The molecule has 0 bridgehead atoms. The van der Waals surface area contributed by atoms with Crippen LogP contribution < -0.4 is 4.90 Å². The summed E-state index contributed by atoms with van der Waals surface area (Å²) in [6.45, 7) is 6.38. The van der Waals surface area contributed by atoms with E-state index in [1.54, 1.807) is 0 Å². The molecule has 0 aliphatic rings. The first-order valence-electron chi connectivity index (χ1n) is 8.08. The number of benzene rings is 3. The summed E-state index contributed by atoms with van der Waals surface area (Å²) in [6.07, 6.45) is 4.16. The van der Waals surface area contributed by atoms with Crippen LogP contribution in [-0.2, 0) is 0 Å². The summed E-state index contributed by atoms with van der Waals surface area (Å²) in [4.78, 5) is 2.16. The van der Waals surface area contributed by atoms with Gasteiger partial charge in [0, 0.05) is 17.1 Å². The highest BCUT2D eigenvalue weighted by Gasteiger charge is 2.10. The lowest BCUT2D eigenvalue weighted by Crippen LogP contribution is -2.13. The van der Waals surface area contributed by atoms with Gasteiger partial charge >= 0.3 is 0 Å². The summed E-state index contributed by atoms with van der Waals surface area (Å²) in [6, 6.07) is 29.1. The molecule has 0 saturated heterocycles. The Balaban J connectivity index is 1.91. The van der Waals surface area contributed by atoms with Crippen molar-refractivity contribution in [1.29, 1.82) is 0 Å². The van der Waals surface area contributed by atoms with Crippen molar-refractivity contribution < 1.29 is 0 Å². The zero-order valence-electron chi connectivity index (χ0n) is 13.9. The quantitative estimate of drug-likeness (QED) is 0.495. The predicted octanol–water partition coefficient (Wildman–Crippen LogP) is 6.36. The standard InChI is InChI=1S/C23H21N/c1-19-13-16-21(17-14-19)18-15-20(2)24(22-9-5-3-6-10-22)23-11-7-4-8-12-23/h3-18H,2H2,1H3/b18-15+. The van der Waals surface area contributed by atoms with Crippen LogP contribution in [0.5, 0.6) is 0 Å². The van der Waals surface area contributed by atoms with E-state index in [2.05, 4.69) is 79.1 Å². The van der Waals surface area contributed by atoms with E-state index >= 15 is 0 Å². The second-order valence-electron chi connectivity index (χ2n) is 5.74. The molecule has 3 aromatic rings. The molecule has 118 valence electrons. The Morgan fingerprint density at radius 2 is 1.25 bits per heavy atom. The van der Waals surface area contributed by atoms with Gasteiger partial charge in [0.15, 0.2) is 0 Å². The number of allylic oxidation sites excluding steroid dienone is 1. The summed E-state index contributed by atoms with van der Waals surface area (Å²) in [7, 11) is 0. The highest BCUT2D eigenvalue weighted by atomic mass is 15.1. The first-order valence-corrected chi connectivity index (χ1v) is 8.08. The molecule has 1 nitrogen and oxygen atoms in total. The monoisotopic (exact) mass is 311 g/mol. The van der Waals surface area contributed by atoms with Gasteiger partial charge in [-0.15, -0.1) is 0 Å². The van der Waals surface area contributed by atoms with Crippen LogP contribution in [0.3, 0.4) is 0 Å². The molecule has 1 heteroatoms. The Hall–Kier alpha value is -3.06. The second-order valence-corrected chi connectivity index (χ2v) is 5.74. The summed E-state index contributed by atoms with van der Waals surface area (Å²) >= 11 is 0. The topological polar surface area (TPSA) is 3.24 Å². The zero-order valence-corrected chi connectivity index (χ0v) is 13.9. The average Bonchev–Trinajstić information content (AvgIpc) is 2.63. The van der Waals surface area contributed by atoms with E-state index in [9.17, 15) is 0 Å². The van der Waals surface area contributed by atoms with E-state index in [0.29, 0.717) is 0 Å². The second kappa shape index (κ2) is 7.47. The summed E-state index contributed by atoms with van der Waals surface area (Å²) in [5.74, 6) is 0. The van der Waals surface area contributed by atoms with E-state index in [0.717, 1.165) is 17.1 Å². The predicted molar refractivity (Wildman–Crippen MR) is 104 cm³/mol. The first-order chi connectivity index (χ1) is 11.7. The van der Waals surface area contributed by atoms with Crippen LogP contribution in [0.4, 0.5) is 11.4 Å². The molecule has 0 atom stereocenters. The molecule has 0 unspecified atom stereocenters. The van der Waals surface area contributed by atoms with E-state index in [4.69, 9.17) is 0 Å². The molecule has 0 radical (unpaired) electrons. The van der Waals surface area contributed by atoms with Crippen LogP contribution in [0.25, 0.3) is 6.08 Å². The first kappa shape index (κ1) is 15.8. The molecule has 0 aliphatic carbocycles. The van der Waals surface area contributed by atoms with Crippen molar-refractivity contribution in [1.82, 2.24) is 0 Å². The minimum atomic E-state index is 0.924. The van der Waals surface area contributed by atoms with Gasteiger partial charge in [-0.1, -0.05) is 78.9 Å². The average molecular weight is 311 g/mol. The lowest BCUT2D eigenvalue weighted by Gasteiger charge is -2.25. The SMILES string of the molecule is C=C(/C=C/c1ccc(C)cc1)N(c1ccccc1)c1ccccc1. The maximum absolute atomic E-state index is 4.28. The van der Waals surface area contributed by atoms with Crippen molar-refractivity contribution in [2.75, 3.05) is 4.90 Å². The molecular formula is C23H21N. The minimum Gasteiger partial charge on any atom is -0.311 e. The lowest BCUT2D eigenvalue weighted by atomic mass is 10.1. The molecule has 0 N–H and O–H groups in total. The van der Waals surface area contributed by atoms with Gasteiger partial charge in [-0.05, 0) is 42.8 Å². The summed E-state index contributed by atoms with van der Waals surface area (Å²) in [5.41, 5.74) is 5.56. The molecule has 0 amide bonds. The van der Waals surface area contributed by atoms with Gasteiger partial charge < -0.3 is 4.90 Å². The van der Waals surface area contributed by atoms with Crippen molar-refractivity contribution in [3.63, 3.8) is 0 Å². The molecule has 0 heterocycles. The van der Waals surface area contributed by atoms with Gasteiger partial charge in [-0.3, -0.25) is 0 Å². The minimum absolute atomic E-state index is 0.924. The van der Waals surface area contributed by atoms with Crippen molar-refractivity contribution in [2.45, 2.75) is 6.92 Å². The van der Waals surface area contributed by atoms with Crippen LogP contribution in [0.1, 0.15) is 11.1 Å².